The number of carboxylic acid groups (broad SMARTS) is 1. The van der Waals surface area contributed by atoms with Crippen molar-refractivity contribution in [3.8, 4) is 0 Å². The Morgan fingerprint density at radius 2 is 1.88 bits per heavy atom. The van der Waals surface area contributed by atoms with Gasteiger partial charge in [0.25, 0.3) is 0 Å². The van der Waals surface area contributed by atoms with Crippen molar-refractivity contribution in [2.45, 2.75) is 64.3 Å². The van der Waals surface area contributed by atoms with Crippen molar-refractivity contribution in [1.82, 2.24) is 9.80 Å². The van der Waals surface area contributed by atoms with E-state index in [0.29, 0.717) is 19.1 Å². The Morgan fingerprint density at radius 1 is 1.17 bits per heavy atom. The number of aliphatic carboxylic acids is 1. The molecule has 1 amide bonds. The lowest BCUT2D eigenvalue weighted by molar-refractivity contribution is -0.149. The van der Waals surface area contributed by atoms with Crippen molar-refractivity contribution in [1.29, 1.82) is 0 Å². The molecule has 3 rings (SSSR count). The molecular weight excluding hydrogens is 328 g/mol. The van der Waals surface area contributed by atoms with Crippen molar-refractivity contribution >= 4 is 24.3 Å². The number of carboxylic acids is 1. The van der Waals surface area contributed by atoms with Gasteiger partial charge in [0.1, 0.15) is 0 Å². The third-order valence-electron chi connectivity index (χ3n) is 6.40. The van der Waals surface area contributed by atoms with Gasteiger partial charge in [0.15, 0.2) is 0 Å². The lowest BCUT2D eigenvalue weighted by atomic mass is 9.81. The summed E-state index contributed by atoms with van der Waals surface area (Å²) in [6.45, 7) is 4.56. The van der Waals surface area contributed by atoms with E-state index in [9.17, 15) is 14.7 Å². The van der Waals surface area contributed by atoms with Crippen molar-refractivity contribution < 1.29 is 14.7 Å². The molecule has 1 aliphatic heterocycles. The fourth-order valence-electron chi connectivity index (χ4n) is 5.18. The summed E-state index contributed by atoms with van der Waals surface area (Å²) in [6.07, 6.45) is 8.78. The molecule has 1 N–H and O–H groups in total. The molecule has 0 radical (unpaired) electrons. The highest BCUT2D eigenvalue weighted by atomic mass is 35.5. The first-order valence-electron chi connectivity index (χ1n) is 9.32. The number of hydrogen-bond donors (Lipinski definition) is 1. The second-order valence-electron chi connectivity index (χ2n) is 7.69. The number of carbonyl (C=O) groups is 2. The number of hydrogen-bond acceptors (Lipinski definition) is 3. The van der Waals surface area contributed by atoms with E-state index in [0.717, 1.165) is 45.2 Å². The smallest absolute Gasteiger partial charge is 0.311 e. The zero-order valence-electron chi connectivity index (χ0n) is 14.7. The van der Waals surface area contributed by atoms with E-state index in [2.05, 4.69) is 11.8 Å². The van der Waals surface area contributed by atoms with Gasteiger partial charge in [-0.25, -0.2) is 0 Å². The van der Waals surface area contributed by atoms with Crippen LogP contribution in [0.1, 0.15) is 58.3 Å². The van der Waals surface area contributed by atoms with Crippen molar-refractivity contribution in [2.75, 3.05) is 26.2 Å². The van der Waals surface area contributed by atoms with Crippen LogP contribution in [0.3, 0.4) is 0 Å². The van der Waals surface area contributed by atoms with E-state index in [1.807, 2.05) is 4.90 Å². The number of likely N-dealkylation sites (tertiary alicyclic amines) is 1. The summed E-state index contributed by atoms with van der Waals surface area (Å²) in [7, 11) is 0. The van der Waals surface area contributed by atoms with Crippen molar-refractivity contribution in [2.24, 2.45) is 11.3 Å². The highest BCUT2D eigenvalue weighted by Gasteiger charge is 2.54. The molecule has 3 fully saturated rings. The van der Waals surface area contributed by atoms with Gasteiger partial charge in [-0.2, -0.15) is 0 Å². The normalized spacial score (nSPS) is 30.6. The van der Waals surface area contributed by atoms with E-state index in [1.165, 1.54) is 19.3 Å². The van der Waals surface area contributed by atoms with Gasteiger partial charge in [0.2, 0.25) is 5.91 Å². The maximum absolute atomic E-state index is 12.8. The second-order valence-corrected chi connectivity index (χ2v) is 7.69. The third kappa shape index (κ3) is 3.57. The van der Waals surface area contributed by atoms with Crippen molar-refractivity contribution in [3.63, 3.8) is 0 Å². The Labute approximate surface area is 151 Å². The lowest BCUT2D eigenvalue weighted by Crippen LogP contribution is -2.46. The van der Waals surface area contributed by atoms with Crippen LogP contribution in [0.5, 0.6) is 0 Å². The zero-order chi connectivity index (χ0) is 16.4. The Balaban J connectivity index is 0.00000208. The van der Waals surface area contributed by atoms with Crippen LogP contribution in [0.2, 0.25) is 0 Å². The van der Waals surface area contributed by atoms with Crippen LogP contribution in [0.15, 0.2) is 0 Å². The van der Waals surface area contributed by atoms with E-state index in [-0.39, 0.29) is 24.2 Å². The second kappa shape index (κ2) is 8.05. The quantitative estimate of drug-likeness (QED) is 0.820. The number of fused-ring (bicyclic) bond motifs is 1. The molecule has 0 aromatic heterocycles. The number of rotatable bonds is 5. The molecule has 2 aliphatic carbocycles. The average Bonchev–Trinajstić information content (AvgIpc) is 3.07. The van der Waals surface area contributed by atoms with E-state index >= 15 is 0 Å². The third-order valence-corrected chi connectivity index (χ3v) is 6.40. The topological polar surface area (TPSA) is 60.9 Å². The first kappa shape index (κ1) is 19.5. The first-order chi connectivity index (χ1) is 11.1. The maximum Gasteiger partial charge on any atom is 0.311 e. The molecule has 0 unspecified atom stereocenters. The molecule has 3 aliphatic rings. The molecule has 6 heteroatoms. The van der Waals surface area contributed by atoms with Crippen LogP contribution in [0.4, 0.5) is 0 Å². The molecular formula is C18H31ClN2O3. The van der Waals surface area contributed by atoms with Gasteiger partial charge in [0.05, 0.1) is 12.0 Å². The van der Waals surface area contributed by atoms with Crippen LogP contribution in [0, 0.1) is 11.3 Å². The molecule has 24 heavy (non-hydrogen) atoms. The number of likely N-dealkylation sites (N-methyl/N-ethyl adjacent to an activating group) is 1. The Morgan fingerprint density at radius 3 is 2.46 bits per heavy atom. The van der Waals surface area contributed by atoms with Gasteiger partial charge < -0.3 is 10.0 Å². The summed E-state index contributed by atoms with van der Waals surface area (Å²) in [5, 5.41) is 9.66. The summed E-state index contributed by atoms with van der Waals surface area (Å²) in [6, 6.07) is 0.400. The van der Waals surface area contributed by atoms with Crippen LogP contribution >= 0.6 is 12.4 Å². The fraction of sp³-hybridized carbons (Fsp3) is 0.889. The fourth-order valence-corrected chi connectivity index (χ4v) is 5.18. The number of amides is 1. The Hall–Kier alpha value is -0.810. The first-order valence-corrected chi connectivity index (χ1v) is 9.32. The van der Waals surface area contributed by atoms with Crippen LogP contribution < -0.4 is 0 Å². The van der Waals surface area contributed by atoms with Gasteiger partial charge in [0, 0.05) is 25.7 Å². The maximum atomic E-state index is 12.8. The molecule has 1 heterocycles. The SMILES string of the molecule is CCN(C(=O)CN1C[C@@H]2CCC[C@@]2(C(=O)O)C1)C1CCCCC1.Cl. The molecule has 0 aromatic rings. The van der Waals surface area contributed by atoms with Gasteiger partial charge in [-0.1, -0.05) is 25.7 Å². The predicted molar refractivity (Wildman–Crippen MR) is 95.4 cm³/mol. The molecule has 2 atom stereocenters. The summed E-state index contributed by atoms with van der Waals surface area (Å²) < 4.78 is 0. The van der Waals surface area contributed by atoms with Crippen LogP contribution in [-0.2, 0) is 9.59 Å². The minimum Gasteiger partial charge on any atom is -0.481 e. The van der Waals surface area contributed by atoms with E-state index < -0.39 is 11.4 Å². The number of nitrogens with zero attached hydrogens (tertiary/aromatic N) is 2. The van der Waals surface area contributed by atoms with Gasteiger partial charge in [-0.3, -0.25) is 14.5 Å². The van der Waals surface area contributed by atoms with Crippen LogP contribution in [-0.4, -0.2) is 59.0 Å². The summed E-state index contributed by atoms with van der Waals surface area (Å²) in [5.41, 5.74) is -0.581. The Kier molecular flexibility index (Phi) is 6.54. The van der Waals surface area contributed by atoms with Gasteiger partial charge in [-0.15, -0.1) is 12.4 Å². The van der Waals surface area contributed by atoms with E-state index in [1.54, 1.807) is 0 Å². The lowest BCUT2D eigenvalue weighted by Gasteiger charge is -2.34. The molecule has 138 valence electrons. The minimum atomic E-state index is -0.658. The number of halogens is 1. The predicted octanol–water partition coefficient (Wildman–Crippen LogP) is 2.78. The largest absolute Gasteiger partial charge is 0.481 e. The molecule has 0 spiro atoms. The molecule has 0 aromatic carbocycles. The standard InChI is InChI=1S/C18H30N2O3.ClH/c1-2-20(15-8-4-3-5-9-15)16(21)12-19-11-14-7-6-10-18(14,13-19)17(22)23;/h14-15H,2-13H2,1H3,(H,22,23);1H/t14-,18+;/m0./s1. The molecule has 1 saturated heterocycles. The summed E-state index contributed by atoms with van der Waals surface area (Å²) in [5.74, 6) is -0.230. The average molecular weight is 359 g/mol. The molecule has 2 saturated carbocycles. The van der Waals surface area contributed by atoms with Crippen LogP contribution in [0.25, 0.3) is 0 Å². The molecule has 5 nitrogen and oxygen atoms in total. The monoisotopic (exact) mass is 358 g/mol. The highest BCUT2D eigenvalue weighted by Crippen LogP contribution is 2.48. The van der Waals surface area contributed by atoms with E-state index in [4.69, 9.17) is 0 Å². The zero-order valence-corrected chi connectivity index (χ0v) is 15.5. The van der Waals surface area contributed by atoms with Gasteiger partial charge in [-0.05, 0) is 38.5 Å². The number of carbonyl (C=O) groups excluding carboxylic acids is 1. The summed E-state index contributed by atoms with van der Waals surface area (Å²) in [4.78, 5) is 28.7. The summed E-state index contributed by atoms with van der Waals surface area (Å²) >= 11 is 0. The van der Waals surface area contributed by atoms with Gasteiger partial charge >= 0.3 is 5.97 Å². The van der Waals surface area contributed by atoms with Crippen molar-refractivity contribution in [3.05, 3.63) is 0 Å². The molecule has 0 bridgehead atoms. The highest BCUT2D eigenvalue weighted by molar-refractivity contribution is 5.85. The Bertz CT molecular complexity index is 467. The minimum absolute atomic E-state index is 0.